The lowest BCUT2D eigenvalue weighted by molar-refractivity contribution is 0.0485. The van der Waals surface area contributed by atoms with E-state index in [1.807, 2.05) is 52.8 Å². The van der Waals surface area contributed by atoms with Crippen molar-refractivity contribution in [3.63, 3.8) is 0 Å². The second kappa shape index (κ2) is 13.4. The molecule has 2 aromatic carbocycles. The first-order valence-corrected chi connectivity index (χ1v) is 14.4. The first kappa shape index (κ1) is 33.0. The highest BCUT2D eigenvalue weighted by Crippen LogP contribution is 2.36. The lowest BCUT2D eigenvalue weighted by atomic mass is 9.77. The van der Waals surface area contributed by atoms with E-state index in [-0.39, 0.29) is 37.3 Å². The predicted molar refractivity (Wildman–Crippen MR) is 164 cm³/mol. The molecule has 0 saturated heterocycles. The lowest BCUT2D eigenvalue weighted by Gasteiger charge is -2.21. The molecule has 42 heavy (non-hydrogen) atoms. The Morgan fingerprint density at radius 3 is 1.86 bits per heavy atom. The first-order valence-electron chi connectivity index (χ1n) is 13.6. The molecule has 4 aliphatic heterocycles. The Bertz CT molecular complexity index is 1300. The van der Waals surface area contributed by atoms with Gasteiger partial charge in [0.25, 0.3) is 0 Å². The molecule has 2 unspecified atom stereocenters. The average Bonchev–Trinajstić information content (AvgIpc) is 3.35. The number of rotatable bonds is 3. The van der Waals surface area contributed by atoms with Crippen molar-refractivity contribution < 1.29 is 37.6 Å². The quantitative estimate of drug-likeness (QED) is 0.483. The minimum absolute atomic E-state index is 0. The molecule has 2 aromatic rings. The molecule has 228 valence electrons. The highest BCUT2D eigenvalue weighted by Gasteiger charge is 2.45. The minimum atomic E-state index is -0.556. The normalized spacial score (nSPS) is 23.5. The Balaban J connectivity index is 0.000000198. The molecule has 0 aliphatic carbocycles. The molecule has 4 atom stereocenters. The summed E-state index contributed by atoms with van der Waals surface area (Å²) in [6, 6.07) is 7.28. The number of carbonyl (C=O) groups excluding carboxylic acids is 1. The Hall–Kier alpha value is -1.89. The summed E-state index contributed by atoms with van der Waals surface area (Å²) in [6.45, 7) is 10.9. The molecule has 4 heterocycles. The van der Waals surface area contributed by atoms with Crippen molar-refractivity contribution in [1.82, 2.24) is 5.32 Å². The molecule has 15 heteroatoms. The van der Waals surface area contributed by atoms with Gasteiger partial charge >= 0.3 is 20.3 Å². The lowest BCUT2D eigenvalue weighted by Crippen LogP contribution is -2.36. The number of alkyl carbamates (subject to hydrolysis) is 1. The zero-order valence-electron chi connectivity index (χ0n) is 24.1. The van der Waals surface area contributed by atoms with Crippen molar-refractivity contribution in [2.24, 2.45) is 5.73 Å². The summed E-state index contributed by atoms with van der Waals surface area (Å²) >= 11 is 12.6. The van der Waals surface area contributed by atoms with Crippen LogP contribution < -0.4 is 31.4 Å². The van der Waals surface area contributed by atoms with Crippen LogP contribution in [0.15, 0.2) is 24.3 Å². The standard InChI is InChI=1S/C16H21BClNO5.C11H13BClNO3.ClH/c1-9-8-21-11-6-5-10(18)13-12(24-17(23-9)14(11)13)7-19-15(20)22-16(2,3)4;1-6-5-15-8-3-2-7(13)10-9(4-14)17-12(16-6)11(8)10;/h5-6,9,12H,7-8H2,1-4H3,(H,19,20);2-3,6,9H,4-5,14H2,1H3;1H/t9?,12-;6?,9-;/m11./s1. The van der Waals surface area contributed by atoms with Crippen molar-refractivity contribution in [1.29, 1.82) is 0 Å². The number of carbonyl (C=O) groups is 1. The Kier molecular flexibility index (Phi) is 10.5. The number of nitrogens with two attached hydrogens (primary N) is 1. The van der Waals surface area contributed by atoms with Crippen LogP contribution in [0.25, 0.3) is 0 Å². The van der Waals surface area contributed by atoms with E-state index in [1.165, 1.54) is 0 Å². The van der Waals surface area contributed by atoms with E-state index in [9.17, 15) is 4.79 Å². The third kappa shape index (κ3) is 7.08. The predicted octanol–water partition coefficient (Wildman–Crippen LogP) is 3.71. The van der Waals surface area contributed by atoms with Crippen molar-refractivity contribution in [2.45, 2.75) is 64.6 Å². The van der Waals surface area contributed by atoms with Gasteiger partial charge in [-0.15, -0.1) is 12.4 Å². The van der Waals surface area contributed by atoms with Crippen LogP contribution in [-0.4, -0.2) is 64.4 Å². The number of halogens is 3. The van der Waals surface area contributed by atoms with Crippen LogP contribution in [0.3, 0.4) is 0 Å². The van der Waals surface area contributed by atoms with E-state index in [1.54, 1.807) is 6.07 Å². The number of nitrogens with one attached hydrogen (secondary N) is 1. The first-order chi connectivity index (χ1) is 19.4. The van der Waals surface area contributed by atoms with Crippen LogP contribution in [0.5, 0.6) is 11.5 Å². The molecule has 10 nitrogen and oxygen atoms in total. The van der Waals surface area contributed by atoms with Gasteiger partial charge in [-0.1, -0.05) is 23.2 Å². The minimum Gasteiger partial charge on any atom is -0.491 e. The van der Waals surface area contributed by atoms with Crippen molar-refractivity contribution in [3.05, 3.63) is 45.4 Å². The van der Waals surface area contributed by atoms with Gasteiger partial charge in [0.05, 0.1) is 24.4 Å². The molecule has 1 amide bonds. The second-order valence-electron chi connectivity index (χ2n) is 11.3. The van der Waals surface area contributed by atoms with Gasteiger partial charge < -0.3 is 43.9 Å². The Labute approximate surface area is 262 Å². The molecular formula is C27H35B2Cl3N2O8. The van der Waals surface area contributed by atoms with Gasteiger partial charge in [-0.3, -0.25) is 0 Å². The summed E-state index contributed by atoms with van der Waals surface area (Å²) in [4.78, 5) is 11.9. The van der Waals surface area contributed by atoms with Crippen LogP contribution in [0, 0.1) is 0 Å². The number of hydrogen-bond donors (Lipinski definition) is 2. The summed E-state index contributed by atoms with van der Waals surface area (Å²) in [7, 11) is -0.957. The molecule has 4 aliphatic rings. The number of hydrogen-bond acceptors (Lipinski definition) is 9. The van der Waals surface area contributed by atoms with Gasteiger partial charge in [0.2, 0.25) is 0 Å². The zero-order valence-corrected chi connectivity index (χ0v) is 26.4. The summed E-state index contributed by atoms with van der Waals surface area (Å²) in [5, 5.41) is 3.94. The zero-order chi connectivity index (χ0) is 29.5. The molecule has 0 saturated carbocycles. The van der Waals surface area contributed by atoms with E-state index in [2.05, 4.69) is 5.32 Å². The van der Waals surface area contributed by atoms with E-state index in [0.29, 0.717) is 35.6 Å². The molecule has 6 rings (SSSR count). The fourth-order valence-electron chi connectivity index (χ4n) is 5.07. The van der Waals surface area contributed by atoms with Gasteiger partial charge in [0, 0.05) is 45.2 Å². The highest BCUT2D eigenvalue weighted by atomic mass is 35.5. The third-order valence-corrected chi connectivity index (χ3v) is 7.44. The van der Waals surface area contributed by atoms with Crippen molar-refractivity contribution in [2.75, 3.05) is 26.3 Å². The topological polar surface area (TPSA) is 120 Å². The van der Waals surface area contributed by atoms with E-state index in [0.717, 1.165) is 27.8 Å². The third-order valence-electron chi connectivity index (χ3n) is 6.78. The second-order valence-corrected chi connectivity index (χ2v) is 12.1. The smallest absolute Gasteiger partial charge is 0.491 e. The van der Waals surface area contributed by atoms with Crippen molar-refractivity contribution in [3.8, 4) is 11.5 Å². The van der Waals surface area contributed by atoms with Gasteiger partial charge in [-0.05, 0) is 58.9 Å². The van der Waals surface area contributed by atoms with Gasteiger partial charge in [0.1, 0.15) is 30.3 Å². The Morgan fingerprint density at radius 1 is 0.905 bits per heavy atom. The summed E-state index contributed by atoms with van der Waals surface area (Å²) < 4.78 is 40.1. The summed E-state index contributed by atoms with van der Waals surface area (Å²) in [5.41, 5.74) is 8.55. The fraction of sp³-hybridized carbons (Fsp3) is 0.519. The van der Waals surface area contributed by atoms with Gasteiger partial charge in [-0.2, -0.15) is 0 Å². The molecule has 0 spiro atoms. The molecule has 0 fully saturated rings. The average molecular weight is 644 g/mol. The van der Waals surface area contributed by atoms with Crippen LogP contribution in [0.4, 0.5) is 4.79 Å². The fourth-order valence-corrected chi connectivity index (χ4v) is 5.64. The van der Waals surface area contributed by atoms with Gasteiger partial charge in [-0.25, -0.2) is 4.79 Å². The molecule has 0 bridgehead atoms. The monoisotopic (exact) mass is 642 g/mol. The highest BCUT2D eigenvalue weighted by molar-refractivity contribution is 6.65. The Morgan fingerprint density at radius 2 is 1.38 bits per heavy atom. The van der Waals surface area contributed by atoms with Crippen LogP contribution in [0.1, 0.15) is 58.0 Å². The van der Waals surface area contributed by atoms with Crippen molar-refractivity contribution >= 4 is 66.9 Å². The molecule has 3 N–H and O–H groups in total. The van der Waals surface area contributed by atoms with E-state index < -0.39 is 32.0 Å². The van der Waals surface area contributed by atoms with E-state index >= 15 is 0 Å². The van der Waals surface area contributed by atoms with Crippen LogP contribution in [-0.2, 0) is 23.4 Å². The SMILES string of the molecule is CC1COc2ccc(Cl)c3c2B(O1)O[C@@H]3CN.CC1COc2ccc(Cl)c3c2B(O1)O[C@@H]3CNC(=O)OC(C)(C)C.Cl. The van der Waals surface area contributed by atoms with Crippen LogP contribution in [0.2, 0.25) is 10.0 Å². The van der Waals surface area contributed by atoms with Gasteiger partial charge in [0.15, 0.2) is 0 Å². The van der Waals surface area contributed by atoms with Crippen LogP contribution >= 0.6 is 35.6 Å². The maximum Gasteiger partial charge on any atom is 0.498 e. The summed E-state index contributed by atoms with van der Waals surface area (Å²) in [5.74, 6) is 1.50. The maximum absolute atomic E-state index is 11.9. The number of ether oxygens (including phenoxy) is 3. The molecule has 0 aromatic heterocycles. The number of benzene rings is 2. The number of amides is 1. The largest absolute Gasteiger partial charge is 0.498 e. The molecular weight excluding hydrogens is 608 g/mol. The summed E-state index contributed by atoms with van der Waals surface area (Å²) in [6.07, 6.45) is -1.25. The van der Waals surface area contributed by atoms with E-state index in [4.69, 9.17) is 61.8 Å². The maximum atomic E-state index is 11.9. The molecule has 0 radical (unpaired) electrons.